The number of hydrogen-bond acceptors (Lipinski definition) is 2. The molecule has 0 aromatic heterocycles. The van der Waals surface area contributed by atoms with E-state index in [1.807, 2.05) is 7.05 Å². The molecular formula is C8H16N2. The molecule has 1 aliphatic rings. The molecule has 58 valence electrons. The molecule has 2 heteroatoms. The van der Waals surface area contributed by atoms with Crippen LogP contribution in [0.2, 0.25) is 0 Å². The molecule has 0 atom stereocenters. The molecule has 0 aliphatic heterocycles. The molecule has 0 bridgehead atoms. The van der Waals surface area contributed by atoms with E-state index in [0.29, 0.717) is 0 Å². The van der Waals surface area contributed by atoms with E-state index in [4.69, 9.17) is 0 Å². The summed E-state index contributed by atoms with van der Waals surface area (Å²) in [6, 6.07) is 0. The van der Waals surface area contributed by atoms with Crippen molar-refractivity contribution in [2.75, 3.05) is 7.05 Å². The maximum Gasteiger partial charge on any atom is 0.0378 e. The highest BCUT2D eigenvalue weighted by atomic mass is 15.3. The second kappa shape index (κ2) is 3.59. The van der Waals surface area contributed by atoms with Crippen LogP contribution in [0.4, 0.5) is 0 Å². The molecule has 0 saturated heterocycles. The highest BCUT2D eigenvalue weighted by Crippen LogP contribution is 2.20. The van der Waals surface area contributed by atoms with E-state index in [-0.39, 0.29) is 0 Å². The Morgan fingerprint density at radius 2 is 2.00 bits per heavy atom. The van der Waals surface area contributed by atoms with Crippen LogP contribution in [0.3, 0.4) is 0 Å². The van der Waals surface area contributed by atoms with E-state index < -0.39 is 0 Å². The maximum atomic E-state index is 4.18. The van der Waals surface area contributed by atoms with Gasteiger partial charge in [-0.1, -0.05) is 6.92 Å². The van der Waals surface area contributed by atoms with Gasteiger partial charge in [-0.2, -0.15) is 5.10 Å². The minimum absolute atomic E-state index is 0.913. The van der Waals surface area contributed by atoms with Gasteiger partial charge in [0.15, 0.2) is 0 Å². The largest absolute Gasteiger partial charge is 0.313 e. The summed E-state index contributed by atoms with van der Waals surface area (Å²) in [5.41, 5.74) is 4.19. The fraction of sp³-hybridized carbons (Fsp3) is 0.875. The Balaban J connectivity index is 2.32. The van der Waals surface area contributed by atoms with Gasteiger partial charge in [0.05, 0.1) is 0 Å². The molecule has 2 nitrogen and oxygen atoms in total. The first kappa shape index (κ1) is 7.58. The van der Waals surface area contributed by atoms with Crippen molar-refractivity contribution in [1.82, 2.24) is 5.43 Å². The zero-order valence-corrected chi connectivity index (χ0v) is 6.85. The molecule has 1 N–H and O–H groups in total. The van der Waals surface area contributed by atoms with Crippen LogP contribution in [0.15, 0.2) is 5.10 Å². The molecule has 0 unspecified atom stereocenters. The molecule has 0 spiro atoms. The van der Waals surface area contributed by atoms with Gasteiger partial charge < -0.3 is 5.43 Å². The van der Waals surface area contributed by atoms with Gasteiger partial charge in [-0.3, -0.25) is 0 Å². The summed E-state index contributed by atoms with van der Waals surface area (Å²) >= 11 is 0. The normalized spacial score (nSPS) is 26.2. The summed E-state index contributed by atoms with van der Waals surface area (Å²) in [6.45, 7) is 2.32. The first-order valence-electron chi connectivity index (χ1n) is 4.05. The Bertz CT molecular complexity index is 119. The van der Waals surface area contributed by atoms with Crippen LogP contribution in [-0.4, -0.2) is 12.8 Å². The fourth-order valence-corrected chi connectivity index (χ4v) is 1.37. The zero-order chi connectivity index (χ0) is 7.40. The van der Waals surface area contributed by atoms with E-state index in [9.17, 15) is 0 Å². The lowest BCUT2D eigenvalue weighted by molar-refractivity contribution is 0.481. The fourth-order valence-electron chi connectivity index (χ4n) is 1.37. The van der Waals surface area contributed by atoms with Gasteiger partial charge in [0.2, 0.25) is 0 Å². The summed E-state index contributed by atoms with van der Waals surface area (Å²) in [5, 5.41) is 4.18. The predicted octanol–water partition coefficient (Wildman–Crippen LogP) is 1.77. The Morgan fingerprint density at radius 1 is 1.40 bits per heavy atom. The van der Waals surface area contributed by atoms with Gasteiger partial charge in [0, 0.05) is 12.8 Å². The lowest BCUT2D eigenvalue weighted by Crippen LogP contribution is -2.14. The highest BCUT2D eigenvalue weighted by Gasteiger charge is 2.12. The third-order valence-electron chi connectivity index (χ3n) is 2.12. The van der Waals surface area contributed by atoms with Crippen LogP contribution < -0.4 is 5.43 Å². The van der Waals surface area contributed by atoms with Gasteiger partial charge in [-0.15, -0.1) is 0 Å². The van der Waals surface area contributed by atoms with Crippen molar-refractivity contribution < 1.29 is 0 Å². The smallest absolute Gasteiger partial charge is 0.0378 e. The van der Waals surface area contributed by atoms with Gasteiger partial charge in [0.25, 0.3) is 0 Å². The van der Waals surface area contributed by atoms with E-state index in [2.05, 4.69) is 17.5 Å². The van der Waals surface area contributed by atoms with Gasteiger partial charge in [-0.05, 0) is 31.6 Å². The molecule has 10 heavy (non-hydrogen) atoms. The minimum Gasteiger partial charge on any atom is -0.313 e. The van der Waals surface area contributed by atoms with E-state index in [1.165, 1.54) is 31.4 Å². The number of hydrogen-bond donors (Lipinski definition) is 1. The number of hydrazone groups is 1. The van der Waals surface area contributed by atoms with Gasteiger partial charge in [-0.25, -0.2) is 0 Å². The molecular weight excluding hydrogens is 124 g/mol. The molecule has 0 aromatic carbocycles. The molecule has 0 radical (unpaired) electrons. The Hall–Kier alpha value is -0.530. The number of nitrogens with one attached hydrogen (secondary N) is 1. The van der Waals surface area contributed by atoms with Crippen molar-refractivity contribution in [3.63, 3.8) is 0 Å². The topological polar surface area (TPSA) is 24.4 Å². The number of nitrogens with zero attached hydrogens (tertiary/aromatic N) is 1. The van der Waals surface area contributed by atoms with Gasteiger partial charge >= 0.3 is 0 Å². The first-order chi connectivity index (χ1) is 4.83. The van der Waals surface area contributed by atoms with Crippen molar-refractivity contribution in [2.45, 2.75) is 32.6 Å². The Labute approximate surface area is 62.7 Å². The van der Waals surface area contributed by atoms with Crippen molar-refractivity contribution in [3.8, 4) is 0 Å². The van der Waals surface area contributed by atoms with Crippen molar-refractivity contribution in [2.24, 2.45) is 11.0 Å². The summed E-state index contributed by atoms with van der Waals surface area (Å²) in [6.07, 6.45) is 5.03. The van der Waals surface area contributed by atoms with Crippen LogP contribution in [0, 0.1) is 5.92 Å². The number of rotatable bonds is 1. The van der Waals surface area contributed by atoms with E-state index >= 15 is 0 Å². The third kappa shape index (κ3) is 2.01. The molecule has 1 aliphatic carbocycles. The monoisotopic (exact) mass is 140 g/mol. The van der Waals surface area contributed by atoms with Crippen LogP contribution in [-0.2, 0) is 0 Å². The standard InChI is InChI=1S/C8H16N2/c1-7-3-5-8(6-4-7)10-9-2/h7,9H,3-6H2,1-2H3. The summed E-state index contributed by atoms with van der Waals surface area (Å²) in [5.74, 6) is 0.913. The SMILES string of the molecule is CNN=C1CCC(C)CC1. The maximum absolute atomic E-state index is 4.18. The lowest BCUT2D eigenvalue weighted by atomic mass is 9.90. The predicted molar refractivity (Wildman–Crippen MR) is 44.1 cm³/mol. The molecule has 1 rings (SSSR count). The minimum atomic E-state index is 0.913. The van der Waals surface area contributed by atoms with Crippen LogP contribution in [0.5, 0.6) is 0 Å². The van der Waals surface area contributed by atoms with Gasteiger partial charge in [0.1, 0.15) is 0 Å². The van der Waals surface area contributed by atoms with E-state index in [1.54, 1.807) is 0 Å². The third-order valence-corrected chi connectivity index (χ3v) is 2.12. The molecule has 1 saturated carbocycles. The first-order valence-corrected chi connectivity index (χ1v) is 4.05. The summed E-state index contributed by atoms with van der Waals surface area (Å²) < 4.78 is 0. The second-order valence-electron chi connectivity index (χ2n) is 3.08. The van der Waals surface area contributed by atoms with Crippen LogP contribution in [0.1, 0.15) is 32.6 Å². The second-order valence-corrected chi connectivity index (χ2v) is 3.08. The molecule has 1 fully saturated rings. The molecule has 0 amide bonds. The van der Waals surface area contributed by atoms with Crippen molar-refractivity contribution in [3.05, 3.63) is 0 Å². The highest BCUT2D eigenvalue weighted by molar-refractivity contribution is 5.84. The van der Waals surface area contributed by atoms with E-state index in [0.717, 1.165) is 5.92 Å². The van der Waals surface area contributed by atoms with Crippen LogP contribution >= 0.6 is 0 Å². The molecule has 0 aromatic rings. The van der Waals surface area contributed by atoms with Crippen molar-refractivity contribution in [1.29, 1.82) is 0 Å². The lowest BCUT2D eigenvalue weighted by Gasteiger charge is -2.18. The Morgan fingerprint density at radius 3 is 2.50 bits per heavy atom. The molecule has 0 heterocycles. The zero-order valence-electron chi connectivity index (χ0n) is 6.85. The average Bonchev–Trinajstić information content (AvgIpc) is 1.95. The summed E-state index contributed by atoms with van der Waals surface area (Å²) in [4.78, 5) is 0. The average molecular weight is 140 g/mol. The Kier molecular flexibility index (Phi) is 2.72. The summed E-state index contributed by atoms with van der Waals surface area (Å²) in [7, 11) is 1.87. The van der Waals surface area contributed by atoms with Crippen molar-refractivity contribution >= 4 is 5.71 Å². The quantitative estimate of drug-likeness (QED) is 0.551. The van der Waals surface area contributed by atoms with Crippen LogP contribution in [0.25, 0.3) is 0 Å².